The molecule has 0 aromatic heterocycles. The van der Waals surface area contributed by atoms with E-state index in [1.54, 1.807) is 20.8 Å². The zero-order valence-electron chi connectivity index (χ0n) is 23.6. The predicted molar refractivity (Wildman–Crippen MR) is 141 cm³/mol. The van der Waals surface area contributed by atoms with Crippen LogP contribution in [0.2, 0.25) is 0 Å². The van der Waals surface area contributed by atoms with Crippen molar-refractivity contribution < 1.29 is 45.7 Å². The molecule has 0 spiro atoms. The second-order valence-corrected chi connectivity index (χ2v) is 11.8. The molecule has 0 heterocycles. The molecule has 0 saturated heterocycles. The summed E-state index contributed by atoms with van der Waals surface area (Å²) in [6, 6.07) is 10.8. The van der Waals surface area contributed by atoms with Gasteiger partial charge in [0, 0.05) is 17.6 Å². The topological polar surface area (TPSA) is 67.8 Å². The van der Waals surface area contributed by atoms with Gasteiger partial charge in [-0.15, -0.1) is 0 Å². The Labute approximate surface area is 236 Å². The van der Waals surface area contributed by atoms with Gasteiger partial charge in [-0.2, -0.15) is 26.3 Å². The van der Waals surface area contributed by atoms with E-state index >= 15 is 0 Å². The first kappa shape index (κ1) is 32.7. The van der Waals surface area contributed by atoms with Crippen molar-refractivity contribution in [3.8, 4) is 0 Å². The number of aliphatic hydroxyl groups is 1. The first-order valence-corrected chi connectivity index (χ1v) is 13.5. The van der Waals surface area contributed by atoms with Crippen LogP contribution in [0.3, 0.4) is 0 Å². The van der Waals surface area contributed by atoms with Crippen LogP contribution in [0, 0.1) is 0 Å². The van der Waals surface area contributed by atoms with Gasteiger partial charge in [-0.1, -0.05) is 30.3 Å². The molecule has 0 unspecified atom stereocenters. The monoisotopic (exact) mass is 589 g/mol. The van der Waals surface area contributed by atoms with E-state index < -0.39 is 52.2 Å². The molecule has 2 aromatic rings. The van der Waals surface area contributed by atoms with Crippen molar-refractivity contribution in [3.05, 3.63) is 70.8 Å². The SMILES string of the molecule is C[C@@H](OCC1(c2ccccc2)CCC(CCO)(NC(=O)OC(C)(C)C)CC1)c1cc(C(F)(F)F)cc(C(F)(F)F)c1. The van der Waals surface area contributed by atoms with E-state index in [1.807, 2.05) is 30.3 Å². The lowest BCUT2D eigenvalue weighted by atomic mass is 9.63. The zero-order valence-corrected chi connectivity index (χ0v) is 23.6. The quantitative estimate of drug-likeness (QED) is 0.307. The third kappa shape index (κ3) is 8.61. The molecule has 228 valence electrons. The van der Waals surface area contributed by atoms with Crippen LogP contribution in [-0.4, -0.2) is 35.6 Å². The van der Waals surface area contributed by atoms with Crippen LogP contribution in [-0.2, 0) is 27.2 Å². The van der Waals surface area contributed by atoms with E-state index in [2.05, 4.69) is 5.32 Å². The molecule has 1 fully saturated rings. The molecule has 11 heteroatoms. The highest BCUT2D eigenvalue weighted by atomic mass is 19.4. The number of amides is 1. The summed E-state index contributed by atoms with van der Waals surface area (Å²) < 4.78 is 91.9. The molecule has 2 N–H and O–H groups in total. The van der Waals surface area contributed by atoms with Crippen LogP contribution >= 0.6 is 0 Å². The van der Waals surface area contributed by atoms with Gasteiger partial charge < -0.3 is 19.9 Å². The number of hydrogen-bond donors (Lipinski definition) is 2. The molecule has 0 radical (unpaired) electrons. The number of aliphatic hydroxyl groups excluding tert-OH is 1. The molecule has 41 heavy (non-hydrogen) atoms. The Morgan fingerprint density at radius 3 is 1.93 bits per heavy atom. The Bertz CT molecular complexity index is 1130. The summed E-state index contributed by atoms with van der Waals surface area (Å²) in [5.74, 6) is 0. The van der Waals surface area contributed by atoms with Crippen molar-refractivity contribution in [2.75, 3.05) is 13.2 Å². The number of rotatable bonds is 8. The Morgan fingerprint density at radius 1 is 0.927 bits per heavy atom. The minimum Gasteiger partial charge on any atom is -0.444 e. The molecule has 0 aliphatic heterocycles. The van der Waals surface area contributed by atoms with Gasteiger partial charge >= 0.3 is 18.4 Å². The van der Waals surface area contributed by atoms with E-state index in [9.17, 15) is 36.2 Å². The summed E-state index contributed by atoms with van der Waals surface area (Å²) in [4.78, 5) is 12.6. The summed E-state index contributed by atoms with van der Waals surface area (Å²) in [5, 5.41) is 12.7. The van der Waals surface area contributed by atoms with E-state index in [1.165, 1.54) is 6.92 Å². The van der Waals surface area contributed by atoms with Gasteiger partial charge in [-0.05, 0) is 89.1 Å². The molecule has 3 rings (SSSR count). The molecule has 2 aromatic carbocycles. The van der Waals surface area contributed by atoms with Gasteiger partial charge in [0.05, 0.1) is 23.8 Å². The number of nitrogens with one attached hydrogen (secondary N) is 1. The first-order valence-electron chi connectivity index (χ1n) is 13.5. The van der Waals surface area contributed by atoms with Crippen molar-refractivity contribution >= 4 is 6.09 Å². The van der Waals surface area contributed by atoms with Gasteiger partial charge in [-0.25, -0.2) is 4.79 Å². The van der Waals surface area contributed by atoms with Crippen LogP contribution in [0.25, 0.3) is 0 Å². The minimum atomic E-state index is -4.96. The molecular weight excluding hydrogens is 552 g/mol. The maximum Gasteiger partial charge on any atom is 0.416 e. The number of benzene rings is 2. The van der Waals surface area contributed by atoms with E-state index in [-0.39, 0.29) is 24.8 Å². The average molecular weight is 590 g/mol. The maximum atomic E-state index is 13.4. The number of carbonyl (C=O) groups excluding carboxylic acids is 1. The molecular formula is C30H37F6NO4. The second-order valence-electron chi connectivity index (χ2n) is 11.8. The fourth-order valence-electron chi connectivity index (χ4n) is 5.28. The van der Waals surface area contributed by atoms with Crippen LogP contribution in [0.1, 0.15) is 88.2 Å². The summed E-state index contributed by atoms with van der Waals surface area (Å²) in [6.45, 7) is 6.51. The first-order chi connectivity index (χ1) is 18.9. The normalized spacial score (nSPS) is 22.7. The number of alkyl halides is 6. The van der Waals surface area contributed by atoms with E-state index in [0.29, 0.717) is 44.2 Å². The van der Waals surface area contributed by atoms with Crippen molar-refractivity contribution in [1.29, 1.82) is 0 Å². The third-order valence-corrected chi connectivity index (χ3v) is 7.60. The third-order valence-electron chi connectivity index (χ3n) is 7.60. The van der Waals surface area contributed by atoms with Crippen LogP contribution < -0.4 is 5.32 Å². The lowest BCUT2D eigenvalue weighted by Crippen LogP contribution is -2.55. The number of alkyl carbamates (subject to hydrolysis) is 1. The Kier molecular flexibility index (Phi) is 9.75. The highest BCUT2D eigenvalue weighted by Crippen LogP contribution is 2.46. The lowest BCUT2D eigenvalue weighted by Gasteiger charge is -2.47. The highest BCUT2D eigenvalue weighted by molar-refractivity contribution is 5.68. The summed E-state index contributed by atoms with van der Waals surface area (Å²) in [5.41, 5.74) is -4.20. The Morgan fingerprint density at radius 2 is 1.46 bits per heavy atom. The molecule has 1 saturated carbocycles. The number of ether oxygens (including phenoxy) is 2. The second kappa shape index (κ2) is 12.2. The predicted octanol–water partition coefficient (Wildman–Crippen LogP) is 7.96. The molecule has 1 atom stereocenters. The number of carbonyl (C=O) groups is 1. The Balaban J connectivity index is 1.87. The van der Waals surface area contributed by atoms with Crippen molar-refractivity contribution in [3.63, 3.8) is 0 Å². The Hall–Kier alpha value is -2.79. The fourth-order valence-corrected chi connectivity index (χ4v) is 5.28. The number of halogens is 6. The molecule has 1 amide bonds. The van der Waals surface area contributed by atoms with Crippen molar-refractivity contribution in [2.45, 2.75) is 94.8 Å². The molecule has 1 aliphatic carbocycles. The highest BCUT2D eigenvalue weighted by Gasteiger charge is 2.45. The van der Waals surface area contributed by atoms with Gasteiger partial charge in [-0.3, -0.25) is 0 Å². The van der Waals surface area contributed by atoms with Crippen LogP contribution in [0.4, 0.5) is 31.1 Å². The van der Waals surface area contributed by atoms with Crippen LogP contribution in [0.15, 0.2) is 48.5 Å². The number of hydrogen-bond acceptors (Lipinski definition) is 4. The van der Waals surface area contributed by atoms with Crippen LogP contribution in [0.5, 0.6) is 0 Å². The average Bonchev–Trinajstić information content (AvgIpc) is 2.86. The fraction of sp³-hybridized carbons (Fsp3) is 0.567. The van der Waals surface area contributed by atoms with Gasteiger partial charge in [0.2, 0.25) is 0 Å². The summed E-state index contributed by atoms with van der Waals surface area (Å²) in [6.07, 6.45) is -9.44. The zero-order chi connectivity index (χ0) is 30.7. The lowest BCUT2D eigenvalue weighted by molar-refractivity contribution is -0.143. The summed E-state index contributed by atoms with van der Waals surface area (Å²) in [7, 11) is 0. The molecule has 5 nitrogen and oxygen atoms in total. The van der Waals surface area contributed by atoms with Gasteiger partial charge in [0.25, 0.3) is 0 Å². The van der Waals surface area contributed by atoms with Gasteiger partial charge in [0.15, 0.2) is 0 Å². The smallest absolute Gasteiger partial charge is 0.416 e. The van der Waals surface area contributed by atoms with Gasteiger partial charge in [0.1, 0.15) is 5.60 Å². The largest absolute Gasteiger partial charge is 0.444 e. The van der Waals surface area contributed by atoms with Crippen molar-refractivity contribution in [2.24, 2.45) is 0 Å². The van der Waals surface area contributed by atoms with E-state index in [4.69, 9.17) is 9.47 Å². The van der Waals surface area contributed by atoms with Crippen molar-refractivity contribution in [1.82, 2.24) is 5.32 Å². The molecule has 0 bridgehead atoms. The molecule has 1 aliphatic rings. The minimum absolute atomic E-state index is 0.0252. The summed E-state index contributed by atoms with van der Waals surface area (Å²) >= 11 is 0. The maximum absolute atomic E-state index is 13.4. The van der Waals surface area contributed by atoms with E-state index in [0.717, 1.165) is 5.56 Å². The standard InChI is InChI=1S/C30H37F6NO4/c1-20(21-16-23(29(31,32)33)18-24(17-21)30(34,35)36)40-19-27(22-8-6-5-7-9-22)10-12-28(13-11-27,14-15-38)37-25(39)41-26(2,3)4/h5-9,16-18,20,38H,10-15,19H2,1-4H3,(H,37,39)/t20-,27?,28?/m1/s1.